The molecule has 0 unspecified atom stereocenters. The van der Waals surface area contributed by atoms with E-state index in [0.717, 1.165) is 9.48 Å². The Morgan fingerprint density at radius 3 is 2.56 bits per heavy atom. The van der Waals surface area contributed by atoms with Crippen LogP contribution in [-0.4, -0.2) is 48.5 Å². The second-order valence-electron chi connectivity index (χ2n) is 6.94. The van der Waals surface area contributed by atoms with Gasteiger partial charge in [-0.25, -0.2) is 0 Å². The number of esters is 1. The fourth-order valence-electron chi connectivity index (χ4n) is 3.05. The van der Waals surface area contributed by atoms with Crippen LogP contribution in [0.1, 0.15) is 23.7 Å². The van der Waals surface area contributed by atoms with Crippen LogP contribution >= 0.6 is 15.9 Å². The number of nitrogens with one attached hydrogen (secondary N) is 2. The van der Waals surface area contributed by atoms with Gasteiger partial charge in [0.05, 0.1) is 24.8 Å². The van der Waals surface area contributed by atoms with Crippen LogP contribution in [0.2, 0.25) is 0 Å². The topological polar surface area (TPSA) is 114 Å². The monoisotopic (exact) mass is 503 g/mol. The number of nitrogens with zero attached hydrogens (tertiary/aromatic N) is 1. The highest BCUT2D eigenvalue weighted by Crippen LogP contribution is 2.23. The second-order valence-corrected chi connectivity index (χ2v) is 7.85. The first-order chi connectivity index (χ1) is 15.4. The number of anilines is 1. The quantitative estimate of drug-likeness (QED) is 0.535. The van der Waals surface area contributed by atoms with Crippen LogP contribution in [0.15, 0.2) is 53.0 Å². The van der Waals surface area contributed by atoms with E-state index in [-0.39, 0.29) is 13.0 Å². The van der Waals surface area contributed by atoms with Crippen molar-refractivity contribution in [2.75, 3.05) is 25.1 Å². The summed E-state index contributed by atoms with van der Waals surface area (Å²) in [5.41, 5.74) is 3.33. The van der Waals surface area contributed by atoms with E-state index in [9.17, 15) is 19.2 Å². The summed E-state index contributed by atoms with van der Waals surface area (Å²) in [7, 11) is 0. The molecule has 0 radical (unpaired) electrons. The molecule has 1 saturated heterocycles. The van der Waals surface area contributed by atoms with E-state index in [2.05, 4.69) is 26.7 Å². The molecule has 1 atom stereocenters. The summed E-state index contributed by atoms with van der Waals surface area (Å²) >= 11 is 3.29. The minimum atomic E-state index is -0.781. The van der Waals surface area contributed by atoms with Crippen molar-refractivity contribution in [1.82, 2.24) is 10.4 Å². The van der Waals surface area contributed by atoms with Crippen LogP contribution in [0.5, 0.6) is 5.75 Å². The zero-order chi connectivity index (χ0) is 23.1. The Kier molecular flexibility index (Phi) is 7.82. The summed E-state index contributed by atoms with van der Waals surface area (Å²) in [5.74, 6) is -2.37. The maximum absolute atomic E-state index is 12.3. The van der Waals surface area contributed by atoms with Gasteiger partial charge in [0.1, 0.15) is 5.75 Å². The third-order valence-electron chi connectivity index (χ3n) is 4.61. The van der Waals surface area contributed by atoms with Gasteiger partial charge >= 0.3 is 5.97 Å². The van der Waals surface area contributed by atoms with E-state index in [4.69, 9.17) is 9.47 Å². The first-order valence-electron chi connectivity index (χ1n) is 9.92. The van der Waals surface area contributed by atoms with Gasteiger partial charge in [-0.3, -0.25) is 29.6 Å². The minimum absolute atomic E-state index is 0.0330. The van der Waals surface area contributed by atoms with E-state index < -0.39 is 36.2 Å². The lowest BCUT2D eigenvalue weighted by molar-refractivity contribution is -0.151. The predicted molar refractivity (Wildman–Crippen MR) is 119 cm³/mol. The molecular weight excluding hydrogens is 482 g/mol. The summed E-state index contributed by atoms with van der Waals surface area (Å²) in [6.45, 7) is 1.73. The fourth-order valence-corrected chi connectivity index (χ4v) is 3.32. The number of hydrazine groups is 1. The molecule has 0 spiro atoms. The van der Waals surface area contributed by atoms with Gasteiger partial charge in [-0.2, -0.15) is 0 Å². The number of amides is 3. The van der Waals surface area contributed by atoms with Crippen molar-refractivity contribution >= 4 is 45.3 Å². The smallest absolute Gasteiger partial charge is 0.311 e. The Hall–Kier alpha value is -3.40. The van der Waals surface area contributed by atoms with Crippen molar-refractivity contribution < 1.29 is 28.7 Å². The number of benzene rings is 2. The molecule has 1 heterocycles. The number of halogens is 1. The molecule has 0 saturated carbocycles. The SMILES string of the molecule is CCOc1ccccc1NC(=O)COC(=O)[C@H]1CC(=O)N(NC(=O)c2ccc(Br)cc2)C1. The molecule has 2 aromatic rings. The number of rotatable bonds is 8. The van der Waals surface area contributed by atoms with Crippen molar-refractivity contribution in [2.45, 2.75) is 13.3 Å². The molecule has 2 N–H and O–H groups in total. The van der Waals surface area contributed by atoms with Crippen LogP contribution in [0.3, 0.4) is 0 Å². The summed E-state index contributed by atoms with van der Waals surface area (Å²) in [6, 6.07) is 13.5. The Morgan fingerprint density at radius 1 is 1.12 bits per heavy atom. The lowest BCUT2D eigenvalue weighted by Gasteiger charge is -2.17. The molecule has 32 heavy (non-hydrogen) atoms. The third kappa shape index (κ3) is 6.07. The van der Waals surface area contributed by atoms with Gasteiger partial charge in [-0.1, -0.05) is 28.1 Å². The normalized spacial score (nSPS) is 15.2. The van der Waals surface area contributed by atoms with E-state index in [1.54, 1.807) is 48.5 Å². The lowest BCUT2D eigenvalue weighted by atomic mass is 10.1. The maximum atomic E-state index is 12.3. The number of hydrogen-bond donors (Lipinski definition) is 2. The summed E-state index contributed by atoms with van der Waals surface area (Å²) in [5, 5.41) is 3.72. The zero-order valence-corrected chi connectivity index (χ0v) is 18.9. The standard InChI is InChI=1S/C22H22BrN3O6/c1-2-31-18-6-4-3-5-17(18)24-19(27)13-32-22(30)15-11-20(28)26(12-15)25-21(29)14-7-9-16(23)10-8-14/h3-10,15H,2,11-13H2,1H3,(H,24,27)(H,25,29)/t15-/m0/s1. The average molecular weight is 504 g/mol. The number of hydrogen-bond acceptors (Lipinski definition) is 6. The third-order valence-corrected chi connectivity index (χ3v) is 5.14. The van der Waals surface area contributed by atoms with E-state index in [1.165, 1.54) is 0 Å². The first-order valence-corrected chi connectivity index (χ1v) is 10.7. The van der Waals surface area contributed by atoms with E-state index in [1.807, 2.05) is 6.92 Å². The number of ether oxygens (including phenoxy) is 2. The molecule has 2 aromatic carbocycles. The first kappa shape index (κ1) is 23.3. The Morgan fingerprint density at radius 2 is 1.84 bits per heavy atom. The van der Waals surface area contributed by atoms with Crippen LogP contribution in [0, 0.1) is 5.92 Å². The largest absolute Gasteiger partial charge is 0.492 e. The molecule has 0 aromatic heterocycles. The Balaban J connectivity index is 1.48. The Labute approximate surface area is 193 Å². The molecule has 1 fully saturated rings. The number of para-hydroxylation sites is 2. The zero-order valence-electron chi connectivity index (χ0n) is 17.3. The fraction of sp³-hybridized carbons (Fsp3) is 0.273. The lowest BCUT2D eigenvalue weighted by Crippen LogP contribution is -2.43. The molecule has 9 nitrogen and oxygen atoms in total. The average Bonchev–Trinajstić information content (AvgIpc) is 3.14. The highest BCUT2D eigenvalue weighted by molar-refractivity contribution is 9.10. The van der Waals surface area contributed by atoms with E-state index in [0.29, 0.717) is 23.6 Å². The summed E-state index contributed by atoms with van der Waals surface area (Å²) < 4.78 is 11.3. The van der Waals surface area contributed by atoms with Gasteiger partial charge in [0.25, 0.3) is 11.8 Å². The molecule has 10 heteroatoms. The van der Waals surface area contributed by atoms with Gasteiger partial charge in [-0.15, -0.1) is 0 Å². The van der Waals surface area contributed by atoms with Crippen molar-refractivity contribution in [3.63, 3.8) is 0 Å². The molecule has 1 aliphatic rings. The van der Waals surface area contributed by atoms with Crippen LogP contribution in [-0.2, 0) is 19.1 Å². The van der Waals surface area contributed by atoms with Crippen LogP contribution < -0.4 is 15.5 Å². The van der Waals surface area contributed by atoms with Crippen LogP contribution in [0.4, 0.5) is 5.69 Å². The summed E-state index contributed by atoms with van der Waals surface area (Å²) in [4.78, 5) is 49.0. The predicted octanol–water partition coefficient (Wildman–Crippen LogP) is 2.52. The minimum Gasteiger partial charge on any atom is -0.492 e. The van der Waals surface area contributed by atoms with Gasteiger partial charge in [-0.05, 0) is 43.3 Å². The van der Waals surface area contributed by atoms with Gasteiger partial charge < -0.3 is 14.8 Å². The van der Waals surface area contributed by atoms with Crippen molar-refractivity contribution in [1.29, 1.82) is 0 Å². The molecular formula is C22H22BrN3O6. The summed E-state index contributed by atoms with van der Waals surface area (Å²) in [6.07, 6.45) is -0.117. The van der Waals surface area contributed by atoms with Gasteiger partial charge in [0, 0.05) is 16.5 Å². The molecule has 3 rings (SSSR count). The number of carbonyl (C=O) groups is 4. The Bertz CT molecular complexity index is 1010. The molecule has 1 aliphatic heterocycles. The van der Waals surface area contributed by atoms with Crippen molar-refractivity contribution in [3.8, 4) is 5.75 Å². The second kappa shape index (κ2) is 10.8. The maximum Gasteiger partial charge on any atom is 0.311 e. The molecule has 3 amide bonds. The molecule has 0 bridgehead atoms. The van der Waals surface area contributed by atoms with Crippen molar-refractivity contribution in [2.24, 2.45) is 5.92 Å². The van der Waals surface area contributed by atoms with Gasteiger partial charge in [0.2, 0.25) is 5.91 Å². The molecule has 168 valence electrons. The highest BCUT2D eigenvalue weighted by Gasteiger charge is 2.36. The number of carbonyl (C=O) groups excluding carboxylic acids is 4. The van der Waals surface area contributed by atoms with Gasteiger partial charge in [0.15, 0.2) is 6.61 Å². The van der Waals surface area contributed by atoms with E-state index >= 15 is 0 Å². The highest BCUT2D eigenvalue weighted by atomic mass is 79.9. The van der Waals surface area contributed by atoms with Crippen molar-refractivity contribution in [3.05, 3.63) is 58.6 Å². The van der Waals surface area contributed by atoms with Crippen LogP contribution in [0.25, 0.3) is 0 Å². The molecule has 0 aliphatic carbocycles.